The number of fused-ring (bicyclic) bond motifs is 1. The first-order chi connectivity index (χ1) is 12.6. The molecule has 0 saturated carbocycles. The van der Waals surface area contributed by atoms with Crippen LogP contribution in [0.5, 0.6) is 0 Å². The van der Waals surface area contributed by atoms with Crippen molar-refractivity contribution in [3.8, 4) is 16.9 Å². The highest BCUT2D eigenvalue weighted by molar-refractivity contribution is 5.72. The fraction of sp³-hybridized carbons (Fsp3) is 0.286. The third-order valence-corrected chi connectivity index (χ3v) is 5.12. The van der Waals surface area contributed by atoms with Crippen molar-refractivity contribution >= 4 is 5.82 Å². The van der Waals surface area contributed by atoms with Crippen LogP contribution in [0.1, 0.15) is 29.5 Å². The lowest BCUT2D eigenvalue weighted by Gasteiger charge is -2.13. The summed E-state index contributed by atoms with van der Waals surface area (Å²) in [5, 5.41) is 8.22. The first-order valence-corrected chi connectivity index (χ1v) is 8.94. The summed E-state index contributed by atoms with van der Waals surface area (Å²) in [6, 6.07) is 9.77. The predicted octanol–water partition coefficient (Wildman–Crippen LogP) is 5.18. The minimum atomic E-state index is -0.581. The second-order valence-electron chi connectivity index (χ2n) is 6.81. The number of rotatable bonds is 2. The first kappa shape index (κ1) is 16.8. The number of aromatic nitrogens is 2. The lowest BCUT2D eigenvalue weighted by molar-refractivity contribution is 0.585. The number of aryl methyl sites for hydroxylation is 1. The summed E-state index contributed by atoms with van der Waals surface area (Å²) in [4.78, 5) is 0. The molecule has 0 bridgehead atoms. The SMILES string of the molecule is Cc1cccc(-n2nc(-c3ccc(F)cc3F)c3c2NCCCC3)c1C. The number of nitrogens with one attached hydrogen (secondary N) is 1. The Morgan fingerprint density at radius 1 is 1.08 bits per heavy atom. The predicted molar refractivity (Wildman–Crippen MR) is 99.8 cm³/mol. The quantitative estimate of drug-likeness (QED) is 0.688. The van der Waals surface area contributed by atoms with E-state index >= 15 is 0 Å². The second-order valence-corrected chi connectivity index (χ2v) is 6.81. The summed E-state index contributed by atoms with van der Waals surface area (Å²) in [7, 11) is 0. The highest BCUT2D eigenvalue weighted by Crippen LogP contribution is 2.36. The molecular formula is C21H21F2N3. The fourth-order valence-corrected chi connectivity index (χ4v) is 3.54. The van der Waals surface area contributed by atoms with Crippen LogP contribution in [0.3, 0.4) is 0 Å². The molecule has 0 unspecified atom stereocenters. The second kappa shape index (κ2) is 6.56. The lowest BCUT2D eigenvalue weighted by Crippen LogP contribution is -2.08. The van der Waals surface area contributed by atoms with E-state index < -0.39 is 11.6 Å². The number of nitrogens with zero attached hydrogens (tertiary/aromatic N) is 2. The molecule has 1 aromatic heterocycles. The maximum Gasteiger partial charge on any atom is 0.135 e. The van der Waals surface area contributed by atoms with Crippen LogP contribution in [0, 0.1) is 25.5 Å². The molecule has 1 aliphatic heterocycles. The fourth-order valence-electron chi connectivity index (χ4n) is 3.54. The molecule has 5 heteroatoms. The zero-order valence-corrected chi connectivity index (χ0v) is 14.9. The van der Waals surface area contributed by atoms with Crippen molar-refractivity contribution in [2.24, 2.45) is 0 Å². The Balaban J connectivity index is 1.96. The van der Waals surface area contributed by atoms with E-state index in [2.05, 4.69) is 25.2 Å². The molecule has 0 fully saturated rings. The summed E-state index contributed by atoms with van der Waals surface area (Å²) in [5.74, 6) is -0.248. The van der Waals surface area contributed by atoms with Crippen LogP contribution in [0.2, 0.25) is 0 Å². The molecule has 2 aromatic carbocycles. The minimum Gasteiger partial charge on any atom is -0.370 e. The van der Waals surface area contributed by atoms with Gasteiger partial charge in [0.1, 0.15) is 23.1 Å². The van der Waals surface area contributed by atoms with Crippen molar-refractivity contribution < 1.29 is 8.78 Å². The summed E-state index contributed by atoms with van der Waals surface area (Å²) >= 11 is 0. The average molecular weight is 353 g/mol. The number of hydrogen-bond acceptors (Lipinski definition) is 2. The molecule has 0 radical (unpaired) electrons. The van der Waals surface area contributed by atoms with Crippen LogP contribution in [-0.4, -0.2) is 16.3 Å². The van der Waals surface area contributed by atoms with Gasteiger partial charge in [-0.1, -0.05) is 12.1 Å². The van der Waals surface area contributed by atoms with E-state index in [4.69, 9.17) is 5.10 Å². The molecule has 0 atom stereocenters. The Labute approximate surface area is 151 Å². The van der Waals surface area contributed by atoms with Gasteiger partial charge in [0.2, 0.25) is 0 Å². The van der Waals surface area contributed by atoms with Crippen molar-refractivity contribution in [1.82, 2.24) is 9.78 Å². The lowest BCUT2D eigenvalue weighted by atomic mass is 10.0. The van der Waals surface area contributed by atoms with Crippen LogP contribution in [0.4, 0.5) is 14.6 Å². The maximum absolute atomic E-state index is 14.5. The van der Waals surface area contributed by atoms with Gasteiger partial charge in [-0.25, -0.2) is 13.5 Å². The van der Waals surface area contributed by atoms with Crippen LogP contribution >= 0.6 is 0 Å². The van der Waals surface area contributed by atoms with E-state index in [1.165, 1.54) is 17.7 Å². The van der Waals surface area contributed by atoms with Crippen molar-refractivity contribution in [3.63, 3.8) is 0 Å². The highest BCUT2D eigenvalue weighted by Gasteiger charge is 2.24. The summed E-state index contributed by atoms with van der Waals surface area (Å²) in [6.45, 7) is 4.98. The van der Waals surface area contributed by atoms with E-state index in [0.717, 1.165) is 54.5 Å². The van der Waals surface area contributed by atoms with E-state index in [9.17, 15) is 8.78 Å². The molecule has 2 heterocycles. The Bertz CT molecular complexity index is 976. The molecular weight excluding hydrogens is 332 g/mol. The summed E-state index contributed by atoms with van der Waals surface area (Å²) < 4.78 is 29.7. The van der Waals surface area contributed by atoms with Gasteiger partial charge in [-0.15, -0.1) is 0 Å². The molecule has 26 heavy (non-hydrogen) atoms. The molecule has 1 N–H and O–H groups in total. The van der Waals surface area contributed by atoms with Crippen molar-refractivity contribution in [3.05, 3.63) is 64.7 Å². The number of anilines is 1. The Kier molecular flexibility index (Phi) is 4.23. The monoisotopic (exact) mass is 353 g/mol. The molecule has 1 aliphatic rings. The van der Waals surface area contributed by atoms with Gasteiger partial charge >= 0.3 is 0 Å². The van der Waals surface area contributed by atoms with Gasteiger partial charge in [-0.2, -0.15) is 5.10 Å². The Hall–Kier alpha value is -2.69. The minimum absolute atomic E-state index is 0.343. The van der Waals surface area contributed by atoms with Gasteiger partial charge in [0, 0.05) is 23.7 Å². The van der Waals surface area contributed by atoms with E-state index in [-0.39, 0.29) is 0 Å². The molecule has 3 nitrogen and oxygen atoms in total. The Morgan fingerprint density at radius 2 is 1.92 bits per heavy atom. The van der Waals surface area contributed by atoms with Crippen LogP contribution in [-0.2, 0) is 6.42 Å². The van der Waals surface area contributed by atoms with Crippen molar-refractivity contribution in [1.29, 1.82) is 0 Å². The van der Waals surface area contributed by atoms with Gasteiger partial charge in [-0.3, -0.25) is 0 Å². The number of halogens is 2. The zero-order chi connectivity index (χ0) is 18.3. The molecule has 3 aromatic rings. The molecule has 0 aliphatic carbocycles. The Morgan fingerprint density at radius 3 is 2.73 bits per heavy atom. The van der Waals surface area contributed by atoms with Crippen molar-refractivity contribution in [2.45, 2.75) is 33.1 Å². The van der Waals surface area contributed by atoms with Gasteiger partial charge in [0.25, 0.3) is 0 Å². The topological polar surface area (TPSA) is 29.9 Å². The summed E-state index contributed by atoms with van der Waals surface area (Å²) in [6.07, 6.45) is 2.88. The van der Waals surface area contributed by atoms with Gasteiger partial charge in [0.05, 0.1) is 5.69 Å². The molecule has 0 amide bonds. The largest absolute Gasteiger partial charge is 0.370 e. The molecule has 0 spiro atoms. The van der Waals surface area contributed by atoms with Gasteiger partial charge < -0.3 is 5.32 Å². The van der Waals surface area contributed by atoms with Crippen molar-refractivity contribution in [2.75, 3.05) is 11.9 Å². The summed E-state index contributed by atoms with van der Waals surface area (Å²) in [5.41, 5.74) is 5.21. The average Bonchev–Trinajstić information content (AvgIpc) is 2.79. The third-order valence-electron chi connectivity index (χ3n) is 5.12. The smallest absolute Gasteiger partial charge is 0.135 e. The standard InChI is InChI=1S/C21H21F2N3/c1-13-6-5-8-19(14(13)2)26-21-17(7-3-4-11-24-21)20(25-26)16-10-9-15(22)12-18(16)23/h5-6,8-10,12,24H,3-4,7,11H2,1-2H3. The van der Waals surface area contributed by atoms with E-state index in [1.54, 1.807) is 0 Å². The van der Waals surface area contributed by atoms with Crippen LogP contribution in [0.25, 0.3) is 16.9 Å². The first-order valence-electron chi connectivity index (χ1n) is 8.94. The third kappa shape index (κ3) is 2.77. The zero-order valence-electron chi connectivity index (χ0n) is 14.9. The van der Waals surface area contributed by atoms with Gasteiger partial charge in [0.15, 0.2) is 0 Å². The number of hydrogen-bond donors (Lipinski definition) is 1. The maximum atomic E-state index is 14.5. The highest BCUT2D eigenvalue weighted by atomic mass is 19.1. The number of benzene rings is 2. The molecule has 4 rings (SSSR count). The van der Waals surface area contributed by atoms with Crippen LogP contribution in [0.15, 0.2) is 36.4 Å². The molecule has 134 valence electrons. The van der Waals surface area contributed by atoms with Gasteiger partial charge in [-0.05, 0) is 62.4 Å². The van der Waals surface area contributed by atoms with Crippen LogP contribution < -0.4 is 5.32 Å². The normalized spacial score (nSPS) is 13.8. The van der Waals surface area contributed by atoms with E-state index in [1.807, 2.05) is 16.8 Å². The van der Waals surface area contributed by atoms with E-state index in [0.29, 0.717) is 11.3 Å². The molecule has 0 saturated heterocycles.